The second-order valence-electron chi connectivity index (χ2n) is 4.40. The molecule has 0 spiro atoms. The summed E-state index contributed by atoms with van der Waals surface area (Å²) in [5, 5.41) is -0.268. The molecule has 0 amide bonds. The predicted molar refractivity (Wildman–Crippen MR) is 75.2 cm³/mol. The number of hydrogen-bond acceptors (Lipinski definition) is 3. The van der Waals surface area contributed by atoms with Crippen LogP contribution in [0, 0.1) is 6.92 Å². The van der Waals surface area contributed by atoms with E-state index in [0.717, 1.165) is 0 Å². The maximum Gasteiger partial charge on any atom is 0.407 e. The van der Waals surface area contributed by atoms with E-state index in [1.54, 1.807) is 13.1 Å². The second kappa shape index (κ2) is 5.79. The van der Waals surface area contributed by atoms with Crippen LogP contribution >= 0.6 is 23.2 Å². The molecule has 2 aromatic rings. The van der Waals surface area contributed by atoms with Gasteiger partial charge in [0.15, 0.2) is 0 Å². The molecule has 0 aliphatic heterocycles. The van der Waals surface area contributed by atoms with Gasteiger partial charge in [0.25, 0.3) is 0 Å². The Kier molecular flexibility index (Phi) is 4.41. The molecule has 1 heterocycles. The fraction of sp³-hybridized carbons (Fsp3) is 0.231. The predicted octanol–water partition coefficient (Wildman–Crippen LogP) is 4.32. The molecule has 8 heteroatoms. The SMILES string of the molecule is Cc1cncc(-c2ccc(C(N)C(F)(F)F)c(Cl)c2Cl)n1. The lowest BCUT2D eigenvalue weighted by Gasteiger charge is -2.18. The zero-order chi connectivity index (χ0) is 15.8. The normalized spacial score (nSPS) is 13.3. The van der Waals surface area contributed by atoms with Crippen molar-refractivity contribution >= 4 is 23.2 Å². The van der Waals surface area contributed by atoms with Gasteiger partial charge in [0.2, 0.25) is 0 Å². The minimum Gasteiger partial charge on any atom is -0.316 e. The van der Waals surface area contributed by atoms with Gasteiger partial charge < -0.3 is 5.73 Å². The van der Waals surface area contributed by atoms with Crippen molar-refractivity contribution < 1.29 is 13.2 Å². The van der Waals surface area contributed by atoms with Crippen molar-refractivity contribution in [3.8, 4) is 11.3 Å². The highest BCUT2D eigenvalue weighted by Crippen LogP contribution is 2.40. The maximum absolute atomic E-state index is 12.7. The Balaban J connectivity index is 2.52. The summed E-state index contributed by atoms with van der Waals surface area (Å²) in [4.78, 5) is 8.17. The van der Waals surface area contributed by atoms with Gasteiger partial charge in [-0.15, -0.1) is 0 Å². The summed E-state index contributed by atoms with van der Waals surface area (Å²) in [6, 6.07) is 0.407. The first-order chi connectivity index (χ1) is 9.71. The van der Waals surface area contributed by atoms with E-state index in [9.17, 15) is 13.2 Å². The Labute approximate surface area is 128 Å². The zero-order valence-corrected chi connectivity index (χ0v) is 12.3. The number of halogens is 5. The molecule has 2 N–H and O–H groups in total. The smallest absolute Gasteiger partial charge is 0.316 e. The highest BCUT2D eigenvalue weighted by Gasteiger charge is 2.39. The van der Waals surface area contributed by atoms with Crippen LogP contribution in [0.4, 0.5) is 13.2 Å². The van der Waals surface area contributed by atoms with Gasteiger partial charge in [-0.05, 0) is 12.5 Å². The number of benzene rings is 1. The van der Waals surface area contributed by atoms with Gasteiger partial charge in [-0.1, -0.05) is 35.3 Å². The largest absolute Gasteiger partial charge is 0.407 e. The van der Waals surface area contributed by atoms with E-state index in [1.165, 1.54) is 18.3 Å². The quantitative estimate of drug-likeness (QED) is 0.889. The molecule has 0 radical (unpaired) electrons. The van der Waals surface area contributed by atoms with E-state index >= 15 is 0 Å². The van der Waals surface area contributed by atoms with Crippen molar-refractivity contribution in [3.63, 3.8) is 0 Å². The molecule has 0 fully saturated rings. The molecule has 0 saturated carbocycles. The molecule has 1 unspecified atom stereocenters. The number of aromatic nitrogens is 2. The molecule has 0 saturated heterocycles. The third kappa shape index (κ3) is 3.28. The van der Waals surface area contributed by atoms with Gasteiger partial charge in [0.05, 0.1) is 27.6 Å². The Morgan fingerprint density at radius 2 is 1.81 bits per heavy atom. The molecule has 112 valence electrons. The summed E-state index contributed by atoms with van der Waals surface area (Å²) < 4.78 is 38.0. The van der Waals surface area contributed by atoms with Crippen LogP contribution in [-0.2, 0) is 0 Å². The van der Waals surface area contributed by atoms with Crippen LogP contribution in [0.25, 0.3) is 11.3 Å². The fourth-order valence-electron chi connectivity index (χ4n) is 1.77. The average molecular weight is 336 g/mol. The minimum atomic E-state index is -4.60. The summed E-state index contributed by atoms with van der Waals surface area (Å²) >= 11 is 12.0. The van der Waals surface area contributed by atoms with Crippen molar-refractivity contribution in [1.29, 1.82) is 0 Å². The molecule has 0 aliphatic carbocycles. The summed E-state index contributed by atoms with van der Waals surface area (Å²) in [5.74, 6) is 0. The zero-order valence-electron chi connectivity index (χ0n) is 10.7. The van der Waals surface area contributed by atoms with Crippen LogP contribution in [0.15, 0.2) is 24.5 Å². The van der Waals surface area contributed by atoms with Gasteiger partial charge in [-0.2, -0.15) is 13.2 Å². The number of rotatable bonds is 2. The Bertz CT molecular complexity index is 674. The standard InChI is InChI=1S/C13H10Cl2F3N3/c1-6-4-20-5-9(21-6)7-2-3-8(11(15)10(7)14)12(19)13(16,17)18/h2-5,12H,19H2,1H3. The third-order valence-electron chi connectivity index (χ3n) is 2.83. The highest BCUT2D eigenvalue weighted by atomic mass is 35.5. The van der Waals surface area contributed by atoms with Crippen molar-refractivity contribution in [2.24, 2.45) is 5.73 Å². The van der Waals surface area contributed by atoms with Crippen LogP contribution in [0.1, 0.15) is 17.3 Å². The molecular formula is C13H10Cl2F3N3. The summed E-state index contributed by atoms with van der Waals surface area (Å²) in [5.41, 5.74) is 6.35. The van der Waals surface area contributed by atoms with Crippen LogP contribution < -0.4 is 5.73 Å². The Morgan fingerprint density at radius 3 is 2.38 bits per heavy atom. The van der Waals surface area contributed by atoms with E-state index in [0.29, 0.717) is 17.0 Å². The van der Waals surface area contributed by atoms with Crippen LogP contribution in [-0.4, -0.2) is 16.1 Å². The van der Waals surface area contributed by atoms with Crippen LogP contribution in [0.5, 0.6) is 0 Å². The van der Waals surface area contributed by atoms with Crippen molar-refractivity contribution in [3.05, 3.63) is 45.8 Å². The molecule has 1 aromatic heterocycles. The highest BCUT2D eigenvalue weighted by molar-refractivity contribution is 6.44. The van der Waals surface area contributed by atoms with Crippen molar-refractivity contribution in [2.45, 2.75) is 19.1 Å². The topological polar surface area (TPSA) is 51.8 Å². The molecule has 21 heavy (non-hydrogen) atoms. The second-order valence-corrected chi connectivity index (χ2v) is 5.15. The number of aryl methyl sites for hydroxylation is 1. The van der Waals surface area contributed by atoms with Crippen LogP contribution in [0.2, 0.25) is 10.0 Å². The molecule has 1 atom stereocenters. The maximum atomic E-state index is 12.7. The molecule has 3 nitrogen and oxygen atoms in total. The van der Waals surface area contributed by atoms with Gasteiger partial charge in [-0.25, -0.2) is 4.98 Å². The fourth-order valence-corrected chi connectivity index (χ4v) is 2.32. The summed E-state index contributed by atoms with van der Waals surface area (Å²) in [6.07, 6.45) is -1.60. The van der Waals surface area contributed by atoms with Gasteiger partial charge in [-0.3, -0.25) is 4.98 Å². The number of hydrogen-bond donors (Lipinski definition) is 1. The lowest BCUT2D eigenvalue weighted by molar-refractivity contribution is -0.149. The Hall–Kier alpha value is -1.37. The van der Waals surface area contributed by atoms with E-state index in [-0.39, 0.29) is 15.6 Å². The minimum absolute atomic E-state index is 0.0335. The van der Waals surface area contributed by atoms with Gasteiger partial charge in [0, 0.05) is 11.8 Å². The molecule has 1 aromatic carbocycles. The van der Waals surface area contributed by atoms with Crippen molar-refractivity contribution in [1.82, 2.24) is 9.97 Å². The van der Waals surface area contributed by atoms with Gasteiger partial charge in [0.1, 0.15) is 6.04 Å². The number of nitrogens with zero attached hydrogens (tertiary/aromatic N) is 2. The Morgan fingerprint density at radius 1 is 1.14 bits per heavy atom. The third-order valence-corrected chi connectivity index (χ3v) is 3.73. The average Bonchev–Trinajstić information content (AvgIpc) is 2.40. The first-order valence-electron chi connectivity index (χ1n) is 5.81. The first-order valence-corrected chi connectivity index (χ1v) is 6.56. The van der Waals surface area contributed by atoms with E-state index in [2.05, 4.69) is 9.97 Å². The summed E-state index contributed by atoms with van der Waals surface area (Å²) in [7, 11) is 0. The first kappa shape index (κ1) is 16.0. The number of nitrogens with two attached hydrogens (primary N) is 1. The van der Waals surface area contributed by atoms with Crippen LogP contribution in [0.3, 0.4) is 0 Å². The molecular weight excluding hydrogens is 326 g/mol. The molecule has 0 bridgehead atoms. The monoisotopic (exact) mass is 335 g/mol. The van der Waals surface area contributed by atoms with E-state index in [1.807, 2.05) is 0 Å². The molecule has 2 rings (SSSR count). The lowest BCUT2D eigenvalue weighted by Crippen LogP contribution is -2.28. The van der Waals surface area contributed by atoms with Gasteiger partial charge >= 0.3 is 6.18 Å². The van der Waals surface area contributed by atoms with E-state index in [4.69, 9.17) is 28.9 Å². The lowest BCUT2D eigenvalue weighted by atomic mass is 10.0. The number of alkyl halides is 3. The summed E-state index contributed by atoms with van der Waals surface area (Å²) in [6.45, 7) is 1.74. The van der Waals surface area contributed by atoms with Crippen molar-refractivity contribution in [2.75, 3.05) is 0 Å². The molecule has 0 aliphatic rings. The van der Waals surface area contributed by atoms with E-state index < -0.39 is 12.2 Å².